The molecule has 3 aromatic rings. The summed E-state index contributed by atoms with van der Waals surface area (Å²) < 4.78 is 0. The lowest BCUT2D eigenvalue weighted by molar-refractivity contribution is -0.126. The number of phenolic OH excluding ortho intramolecular Hbond substituents is 1. The number of phenols is 1. The van der Waals surface area contributed by atoms with Crippen molar-refractivity contribution in [2.45, 2.75) is 50.0 Å². The number of rotatable bonds is 5. The number of aromatic amines is 2. The van der Waals surface area contributed by atoms with Crippen molar-refractivity contribution in [2.24, 2.45) is 5.92 Å². The fraction of sp³-hybridized carbons (Fsp3) is 0.400. The number of piperidine rings is 1. The quantitative estimate of drug-likeness (QED) is 0.401. The molecule has 2 aliphatic carbocycles. The van der Waals surface area contributed by atoms with Gasteiger partial charge in [-0.25, -0.2) is 4.79 Å². The largest absolute Gasteiger partial charge is 0.507 e. The van der Waals surface area contributed by atoms with Gasteiger partial charge in [-0.3, -0.25) is 19.4 Å². The van der Waals surface area contributed by atoms with Gasteiger partial charge in [0.05, 0.1) is 11.1 Å². The first-order valence-electron chi connectivity index (χ1n) is 13.5. The number of amides is 1. The molecule has 1 aromatic heterocycles. The van der Waals surface area contributed by atoms with Crippen LogP contribution in [0.5, 0.6) is 5.75 Å². The minimum Gasteiger partial charge on any atom is -0.507 e. The predicted molar refractivity (Wildman–Crippen MR) is 146 cm³/mol. The van der Waals surface area contributed by atoms with E-state index in [0.29, 0.717) is 48.9 Å². The number of nitrogens with one attached hydrogen (secondary N) is 3. The van der Waals surface area contributed by atoms with Crippen molar-refractivity contribution >= 4 is 11.7 Å². The molecule has 2 fully saturated rings. The molecule has 3 aliphatic rings. The van der Waals surface area contributed by atoms with Crippen LogP contribution in [0.15, 0.2) is 52.2 Å². The highest BCUT2D eigenvalue weighted by Gasteiger charge is 2.56. The molecule has 1 saturated heterocycles. The number of hydrogen-bond donors (Lipinski definition) is 4. The fourth-order valence-electron chi connectivity index (χ4n) is 7.20. The first kappa shape index (κ1) is 25.3. The monoisotopic (exact) mass is 528 g/mol. The standard InChI is InChI=1S/C30H32N4O5/c1-34-13-11-30-15-20(35)7-9-23(30)24(34)14-19-6-8-21(26(36)25(19)30)27(37)31-12-10-17-2-4-18(5-3-17)22-16-32-29(39)33-28(22)38/h2-6,8,16,23-24,36H,7,9-15H2,1H3,(H,31,37)(H2,32,33,38,39)/t23-,24+,30-/m0/s1. The second-order valence-corrected chi connectivity index (χ2v) is 11.2. The number of likely N-dealkylation sites (tertiary alicyclic amines) is 1. The van der Waals surface area contributed by atoms with E-state index in [-0.39, 0.29) is 23.0 Å². The van der Waals surface area contributed by atoms with Gasteiger partial charge in [0.1, 0.15) is 11.5 Å². The molecule has 0 radical (unpaired) electrons. The van der Waals surface area contributed by atoms with Crippen molar-refractivity contribution in [3.8, 4) is 16.9 Å². The summed E-state index contributed by atoms with van der Waals surface area (Å²) in [5.74, 6) is 0.244. The van der Waals surface area contributed by atoms with Crippen molar-refractivity contribution in [3.63, 3.8) is 0 Å². The summed E-state index contributed by atoms with van der Waals surface area (Å²) in [4.78, 5) is 56.2. The van der Waals surface area contributed by atoms with Crippen LogP contribution in [0.4, 0.5) is 0 Å². The number of ketones is 1. The highest BCUT2D eigenvalue weighted by molar-refractivity contribution is 5.98. The first-order chi connectivity index (χ1) is 18.8. The summed E-state index contributed by atoms with van der Waals surface area (Å²) in [7, 11) is 2.15. The van der Waals surface area contributed by atoms with Gasteiger partial charge in [-0.1, -0.05) is 30.3 Å². The molecule has 1 saturated carbocycles. The zero-order valence-corrected chi connectivity index (χ0v) is 21.9. The summed E-state index contributed by atoms with van der Waals surface area (Å²) in [6.45, 7) is 1.24. The Balaban J connectivity index is 1.18. The highest BCUT2D eigenvalue weighted by atomic mass is 16.3. The summed E-state index contributed by atoms with van der Waals surface area (Å²) in [6, 6.07) is 11.4. The molecule has 39 heavy (non-hydrogen) atoms. The Kier molecular flexibility index (Phi) is 6.26. The average molecular weight is 529 g/mol. The maximum Gasteiger partial charge on any atom is 0.325 e. The first-order valence-corrected chi connectivity index (χ1v) is 13.5. The van der Waals surface area contributed by atoms with Crippen molar-refractivity contribution in [2.75, 3.05) is 20.1 Å². The fourth-order valence-corrected chi connectivity index (χ4v) is 7.20. The van der Waals surface area contributed by atoms with E-state index >= 15 is 0 Å². The lowest BCUT2D eigenvalue weighted by Gasteiger charge is -2.58. The number of Topliss-reactive ketones (excluding diaryl/α,β-unsaturated/α-hetero) is 1. The summed E-state index contributed by atoms with van der Waals surface area (Å²) in [5, 5.41) is 14.4. The number of nitrogens with zero attached hydrogens (tertiary/aromatic N) is 1. The van der Waals surface area contributed by atoms with Crippen molar-refractivity contribution in [1.82, 2.24) is 20.2 Å². The third kappa shape index (κ3) is 4.30. The molecule has 2 bridgehead atoms. The molecule has 0 unspecified atom stereocenters. The predicted octanol–water partition coefficient (Wildman–Crippen LogP) is 2.28. The Morgan fingerprint density at radius 1 is 1.15 bits per heavy atom. The second kappa shape index (κ2) is 9.64. The van der Waals surface area contributed by atoms with Crippen LogP contribution >= 0.6 is 0 Å². The molecule has 4 N–H and O–H groups in total. The zero-order valence-electron chi connectivity index (χ0n) is 21.9. The van der Waals surface area contributed by atoms with Gasteiger partial charge in [0.2, 0.25) is 0 Å². The van der Waals surface area contributed by atoms with Gasteiger partial charge in [-0.15, -0.1) is 0 Å². The minimum absolute atomic E-state index is 0.0307. The van der Waals surface area contributed by atoms with E-state index in [4.69, 9.17) is 0 Å². The van der Waals surface area contributed by atoms with Crippen molar-refractivity contribution < 1.29 is 14.7 Å². The number of likely N-dealkylation sites (N-methyl/N-ethyl adjacent to an activating group) is 1. The van der Waals surface area contributed by atoms with Gasteiger partial charge in [-0.2, -0.15) is 0 Å². The van der Waals surface area contributed by atoms with Crippen molar-refractivity contribution in [1.29, 1.82) is 0 Å². The van der Waals surface area contributed by atoms with Gasteiger partial charge in [0.25, 0.3) is 11.5 Å². The molecule has 202 valence electrons. The third-order valence-corrected chi connectivity index (χ3v) is 9.12. The van der Waals surface area contributed by atoms with Gasteiger partial charge < -0.3 is 20.3 Å². The Morgan fingerprint density at radius 3 is 2.72 bits per heavy atom. The number of fused-ring (bicyclic) bond motifs is 1. The molecule has 1 aliphatic heterocycles. The number of hydrogen-bond acceptors (Lipinski definition) is 6. The summed E-state index contributed by atoms with van der Waals surface area (Å²) in [5.41, 5.74) is 2.74. The van der Waals surface area contributed by atoms with Crippen LogP contribution in [0.2, 0.25) is 0 Å². The van der Waals surface area contributed by atoms with E-state index in [0.717, 1.165) is 42.5 Å². The van der Waals surface area contributed by atoms with Crippen molar-refractivity contribution in [3.05, 3.63) is 85.7 Å². The molecule has 2 heterocycles. The maximum absolute atomic E-state index is 13.2. The zero-order chi connectivity index (χ0) is 27.3. The van der Waals surface area contributed by atoms with E-state index in [2.05, 4.69) is 27.2 Å². The highest BCUT2D eigenvalue weighted by Crippen LogP contribution is 2.57. The lowest BCUT2D eigenvalue weighted by Crippen LogP contribution is -2.61. The number of carbonyl (C=O) groups is 2. The molecular weight excluding hydrogens is 496 g/mol. The molecule has 1 amide bonds. The average Bonchev–Trinajstić information content (AvgIpc) is 2.91. The summed E-state index contributed by atoms with van der Waals surface area (Å²) in [6.07, 6.45) is 5.45. The van der Waals surface area contributed by atoms with E-state index in [1.807, 2.05) is 18.2 Å². The van der Waals surface area contributed by atoms with Crippen LogP contribution in [0.3, 0.4) is 0 Å². The maximum atomic E-state index is 13.2. The van der Waals surface area contributed by atoms with Crippen LogP contribution in [-0.2, 0) is 23.1 Å². The van der Waals surface area contributed by atoms with E-state index in [1.54, 1.807) is 18.2 Å². The van der Waals surface area contributed by atoms with Gasteiger partial charge >= 0.3 is 5.69 Å². The molecule has 9 nitrogen and oxygen atoms in total. The van der Waals surface area contributed by atoms with Crippen LogP contribution in [0.25, 0.3) is 11.1 Å². The normalized spacial score (nSPS) is 24.1. The smallest absolute Gasteiger partial charge is 0.325 e. The summed E-state index contributed by atoms with van der Waals surface area (Å²) >= 11 is 0. The van der Waals surface area contributed by atoms with Gasteiger partial charge in [0.15, 0.2) is 0 Å². The molecule has 6 rings (SSSR count). The molecule has 0 spiro atoms. The third-order valence-electron chi connectivity index (χ3n) is 9.12. The Morgan fingerprint density at radius 2 is 1.95 bits per heavy atom. The number of carbonyl (C=O) groups excluding carboxylic acids is 2. The Labute approximate surface area is 225 Å². The van der Waals surface area contributed by atoms with E-state index < -0.39 is 16.7 Å². The minimum atomic E-state index is -0.552. The van der Waals surface area contributed by atoms with E-state index in [9.17, 15) is 24.3 Å². The van der Waals surface area contributed by atoms with E-state index in [1.165, 1.54) is 6.20 Å². The number of benzene rings is 2. The van der Waals surface area contributed by atoms with Crippen LogP contribution in [0.1, 0.15) is 52.7 Å². The van der Waals surface area contributed by atoms with Crippen LogP contribution < -0.4 is 16.6 Å². The van der Waals surface area contributed by atoms with Crippen LogP contribution in [0, 0.1) is 5.92 Å². The second-order valence-electron chi connectivity index (χ2n) is 11.2. The topological polar surface area (TPSA) is 135 Å². The van der Waals surface area contributed by atoms with Gasteiger partial charge in [0, 0.05) is 42.6 Å². The SMILES string of the molecule is CN1CC[C@]23CC(=O)CC[C@H]2[C@H]1Cc1ccc(C(=O)NCCc2ccc(-c4c[nH]c(=O)[nH]c4=O)cc2)c(O)c13. The Hall–Kier alpha value is -3.98. The lowest BCUT2D eigenvalue weighted by atomic mass is 9.52. The Bertz CT molecular complexity index is 1570. The molecule has 3 atom stereocenters. The molecule has 9 heteroatoms. The van der Waals surface area contributed by atoms with Crippen LogP contribution in [-0.4, -0.2) is 57.8 Å². The molecule has 2 aromatic carbocycles. The number of aromatic hydroxyl groups is 1. The number of aromatic nitrogens is 2. The van der Waals surface area contributed by atoms with Gasteiger partial charge in [-0.05, 0) is 68.0 Å². The molecular formula is C30H32N4O5. The number of H-pyrrole nitrogens is 2.